The highest BCUT2D eigenvalue weighted by Gasteiger charge is 2.36. The van der Waals surface area contributed by atoms with Gasteiger partial charge in [-0.1, -0.05) is 0 Å². The molecule has 3 aromatic rings. The average Bonchev–Trinajstić information content (AvgIpc) is 3.54. The molecule has 0 saturated carbocycles. The third kappa shape index (κ3) is 3.47. The SMILES string of the molecule is COc1ccc2c(c1)c(/C=C1\Oc3c4c(cc(C)c3C1=O)OCN(CC1CCCO1)C4)cn2C. The van der Waals surface area contributed by atoms with E-state index in [9.17, 15) is 4.79 Å². The summed E-state index contributed by atoms with van der Waals surface area (Å²) in [6, 6.07) is 7.90. The molecule has 0 radical (unpaired) electrons. The van der Waals surface area contributed by atoms with Crippen molar-refractivity contribution in [2.24, 2.45) is 7.05 Å². The van der Waals surface area contributed by atoms with E-state index in [1.165, 1.54) is 0 Å². The molecule has 0 bridgehead atoms. The molecule has 7 nitrogen and oxygen atoms in total. The van der Waals surface area contributed by atoms with Crippen molar-refractivity contribution in [1.82, 2.24) is 9.47 Å². The quantitative estimate of drug-likeness (QED) is 0.537. The highest BCUT2D eigenvalue weighted by Crippen LogP contribution is 2.44. The van der Waals surface area contributed by atoms with Crippen LogP contribution in [0.4, 0.5) is 0 Å². The van der Waals surface area contributed by atoms with Gasteiger partial charge in [0.25, 0.3) is 0 Å². The van der Waals surface area contributed by atoms with Crippen LogP contribution in [-0.4, -0.2) is 48.3 Å². The van der Waals surface area contributed by atoms with E-state index in [4.69, 9.17) is 18.9 Å². The number of aryl methyl sites for hydroxylation is 2. The number of fused-ring (bicyclic) bond motifs is 4. The van der Waals surface area contributed by atoms with Gasteiger partial charge in [0, 0.05) is 49.4 Å². The number of hydrogen-bond acceptors (Lipinski definition) is 6. The van der Waals surface area contributed by atoms with Gasteiger partial charge in [-0.3, -0.25) is 9.69 Å². The first-order chi connectivity index (χ1) is 16.5. The summed E-state index contributed by atoms with van der Waals surface area (Å²) in [5.74, 6) is 2.43. The Morgan fingerprint density at radius 3 is 2.94 bits per heavy atom. The minimum atomic E-state index is -0.0913. The minimum absolute atomic E-state index is 0.0913. The fourth-order valence-electron chi connectivity index (χ4n) is 5.25. The number of benzene rings is 2. The highest BCUT2D eigenvalue weighted by molar-refractivity contribution is 6.16. The van der Waals surface area contributed by atoms with Gasteiger partial charge in [-0.25, -0.2) is 0 Å². The van der Waals surface area contributed by atoms with E-state index in [1.54, 1.807) is 7.11 Å². The van der Waals surface area contributed by atoms with Crippen LogP contribution in [0.25, 0.3) is 17.0 Å². The van der Waals surface area contributed by atoms with E-state index >= 15 is 0 Å². The molecule has 1 fully saturated rings. The predicted molar refractivity (Wildman–Crippen MR) is 128 cm³/mol. The molecule has 1 saturated heterocycles. The van der Waals surface area contributed by atoms with Crippen LogP contribution in [-0.2, 0) is 18.3 Å². The number of allylic oxidation sites excluding steroid dienone is 1. The summed E-state index contributed by atoms with van der Waals surface area (Å²) in [6.07, 6.45) is 6.27. The molecule has 3 aliphatic rings. The normalized spacial score (nSPS) is 21.0. The largest absolute Gasteiger partial charge is 0.497 e. The Balaban J connectivity index is 1.35. The molecule has 0 N–H and O–H groups in total. The van der Waals surface area contributed by atoms with Gasteiger partial charge in [-0.05, 0) is 55.7 Å². The van der Waals surface area contributed by atoms with Gasteiger partial charge < -0.3 is 23.5 Å². The minimum Gasteiger partial charge on any atom is -0.497 e. The zero-order chi connectivity index (χ0) is 23.4. The highest BCUT2D eigenvalue weighted by atomic mass is 16.5. The first-order valence-electron chi connectivity index (χ1n) is 11.7. The number of nitrogens with zero attached hydrogens (tertiary/aromatic N) is 2. The average molecular weight is 461 g/mol. The van der Waals surface area contributed by atoms with Gasteiger partial charge in [0.15, 0.2) is 5.76 Å². The Morgan fingerprint density at radius 1 is 1.26 bits per heavy atom. The summed E-state index contributed by atoms with van der Waals surface area (Å²) in [4.78, 5) is 15.7. The van der Waals surface area contributed by atoms with Crippen LogP contribution in [0.15, 0.2) is 36.2 Å². The monoisotopic (exact) mass is 460 g/mol. The maximum Gasteiger partial charge on any atom is 0.232 e. The van der Waals surface area contributed by atoms with Gasteiger partial charge in [0.2, 0.25) is 5.78 Å². The van der Waals surface area contributed by atoms with Crippen LogP contribution in [0, 0.1) is 6.92 Å². The fourth-order valence-corrected chi connectivity index (χ4v) is 5.25. The first-order valence-corrected chi connectivity index (χ1v) is 11.7. The second-order valence-corrected chi connectivity index (χ2v) is 9.31. The van der Waals surface area contributed by atoms with E-state index in [0.717, 1.165) is 65.1 Å². The number of rotatable bonds is 4. The fraction of sp³-hybridized carbons (Fsp3) is 0.370. The molecule has 1 aromatic heterocycles. The second-order valence-electron chi connectivity index (χ2n) is 9.31. The van der Waals surface area contributed by atoms with E-state index in [-0.39, 0.29) is 11.9 Å². The Bertz CT molecular complexity index is 1330. The summed E-state index contributed by atoms with van der Waals surface area (Å²) >= 11 is 0. The van der Waals surface area contributed by atoms with Gasteiger partial charge in [0.1, 0.15) is 24.0 Å². The van der Waals surface area contributed by atoms with E-state index in [2.05, 4.69) is 4.90 Å². The Labute approximate surface area is 198 Å². The van der Waals surface area contributed by atoms with Crippen LogP contribution in [0.3, 0.4) is 0 Å². The van der Waals surface area contributed by atoms with Crippen molar-refractivity contribution in [1.29, 1.82) is 0 Å². The Kier molecular flexibility index (Phi) is 5.12. The predicted octanol–water partition coefficient (Wildman–Crippen LogP) is 4.44. The zero-order valence-corrected chi connectivity index (χ0v) is 19.7. The summed E-state index contributed by atoms with van der Waals surface area (Å²) in [7, 11) is 3.64. The molecule has 0 spiro atoms. The van der Waals surface area contributed by atoms with E-state index < -0.39 is 0 Å². The second kappa shape index (κ2) is 8.18. The topological polar surface area (TPSA) is 62.2 Å². The van der Waals surface area contributed by atoms with Gasteiger partial charge in [-0.2, -0.15) is 0 Å². The van der Waals surface area contributed by atoms with Crippen molar-refractivity contribution < 1.29 is 23.7 Å². The molecule has 7 heteroatoms. The number of methoxy groups -OCH3 is 1. The number of aromatic nitrogens is 1. The van der Waals surface area contributed by atoms with E-state index in [0.29, 0.717) is 30.3 Å². The van der Waals surface area contributed by atoms with Crippen molar-refractivity contribution in [3.05, 3.63) is 58.5 Å². The molecule has 4 heterocycles. The number of carbonyl (C=O) groups is 1. The van der Waals surface area contributed by atoms with Crippen LogP contribution in [0.5, 0.6) is 17.2 Å². The third-order valence-electron chi connectivity index (χ3n) is 6.99. The van der Waals surface area contributed by atoms with Crippen molar-refractivity contribution in [2.45, 2.75) is 32.4 Å². The van der Waals surface area contributed by atoms with Crippen molar-refractivity contribution >= 4 is 22.8 Å². The zero-order valence-electron chi connectivity index (χ0n) is 19.7. The van der Waals surface area contributed by atoms with Crippen molar-refractivity contribution in [2.75, 3.05) is 27.0 Å². The molecule has 1 unspecified atom stereocenters. The lowest BCUT2D eigenvalue weighted by Crippen LogP contribution is -2.37. The molecule has 176 valence electrons. The standard InChI is InChI=1S/C27H28N2O5/c1-16-9-23-21(14-29(15-33-23)13-19-5-4-8-32-19)27-25(16)26(30)24(34-27)10-17-12-28(2)22-7-6-18(31-3)11-20(17)22/h6-7,9-12,19H,4-5,8,13-15H2,1-3H3/b24-10-. The summed E-state index contributed by atoms with van der Waals surface area (Å²) < 4.78 is 25.6. The summed E-state index contributed by atoms with van der Waals surface area (Å²) in [5.41, 5.74) is 4.40. The van der Waals surface area contributed by atoms with Gasteiger partial charge >= 0.3 is 0 Å². The van der Waals surface area contributed by atoms with Crippen molar-refractivity contribution in [3.63, 3.8) is 0 Å². The maximum absolute atomic E-state index is 13.4. The number of ketones is 1. The molecule has 0 aliphatic carbocycles. The summed E-state index contributed by atoms with van der Waals surface area (Å²) in [5, 5.41) is 1.01. The van der Waals surface area contributed by atoms with Crippen LogP contribution < -0.4 is 14.2 Å². The Hall–Kier alpha value is -3.29. The number of ether oxygens (including phenoxy) is 4. The van der Waals surface area contributed by atoms with Crippen molar-refractivity contribution in [3.8, 4) is 17.2 Å². The molecule has 2 aromatic carbocycles. The number of hydrogen-bond donors (Lipinski definition) is 0. The van der Waals surface area contributed by atoms with Gasteiger partial charge in [0.05, 0.1) is 24.3 Å². The molecular weight excluding hydrogens is 432 g/mol. The lowest BCUT2D eigenvalue weighted by atomic mass is 9.98. The smallest absolute Gasteiger partial charge is 0.232 e. The lowest BCUT2D eigenvalue weighted by molar-refractivity contribution is 0.0273. The Morgan fingerprint density at radius 2 is 2.15 bits per heavy atom. The lowest BCUT2D eigenvalue weighted by Gasteiger charge is -2.31. The molecule has 6 rings (SSSR count). The van der Waals surface area contributed by atoms with Gasteiger partial charge in [-0.15, -0.1) is 0 Å². The van der Waals surface area contributed by atoms with Crippen LogP contribution in [0.2, 0.25) is 0 Å². The number of carbonyl (C=O) groups excluding carboxylic acids is 1. The molecular formula is C27H28N2O5. The third-order valence-corrected chi connectivity index (χ3v) is 6.99. The molecule has 0 amide bonds. The summed E-state index contributed by atoms with van der Waals surface area (Å²) in [6.45, 7) is 4.77. The van der Waals surface area contributed by atoms with E-state index in [1.807, 2.05) is 55.1 Å². The number of Topliss-reactive ketones (excluding diaryl/α,β-unsaturated/α-hetero) is 1. The maximum atomic E-state index is 13.4. The molecule has 3 aliphatic heterocycles. The van der Waals surface area contributed by atoms with Crippen LogP contribution >= 0.6 is 0 Å². The first kappa shape index (κ1) is 21.3. The molecule has 1 atom stereocenters. The molecule has 34 heavy (non-hydrogen) atoms. The van der Waals surface area contributed by atoms with Crippen LogP contribution in [0.1, 0.15) is 39.9 Å².